The molecule has 0 unspecified atom stereocenters. The summed E-state index contributed by atoms with van der Waals surface area (Å²) in [5, 5.41) is 1.31. The van der Waals surface area contributed by atoms with Crippen LogP contribution in [-0.4, -0.2) is 0 Å². The van der Waals surface area contributed by atoms with Gasteiger partial charge in [-0.1, -0.05) is 58.6 Å². The number of hydrogen-bond donors (Lipinski definition) is 0. The van der Waals surface area contributed by atoms with Crippen molar-refractivity contribution in [1.82, 2.24) is 0 Å². The van der Waals surface area contributed by atoms with Crippen molar-refractivity contribution in [3.63, 3.8) is 0 Å². The van der Waals surface area contributed by atoms with E-state index in [-0.39, 0.29) is 0 Å². The van der Waals surface area contributed by atoms with Crippen LogP contribution in [0.4, 0.5) is 0 Å². The molecule has 1 aromatic rings. The summed E-state index contributed by atoms with van der Waals surface area (Å²) in [6.45, 7) is 18.1. The Hall–Kier alpha value is -1.08. The second-order valence-corrected chi connectivity index (χ2v) is 4.02. The van der Waals surface area contributed by atoms with Gasteiger partial charge in [0, 0.05) is 9.41 Å². The van der Waals surface area contributed by atoms with E-state index in [0.717, 1.165) is 0 Å². The molecular formula is C17H28S. The zero-order chi connectivity index (χ0) is 14.6. The van der Waals surface area contributed by atoms with E-state index in [1.165, 1.54) is 20.2 Å². The predicted octanol–water partition coefficient (Wildman–Crippen LogP) is 5.08. The van der Waals surface area contributed by atoms with E-state index < -0.39 is 0 Å². The number of thiophene rings is 1. The maximum atomic E-state index is 3.87. The fourth-order valence-electron chi connectivity index (χ4n) is 1.49. The molecule has 0 aliphatic carbocycles. The first-order valence-corrected chi connectivity index (χ1v) is 7.60. The van der Waals surface area contributed by atoms with Crippen LogP contribution in [0.15, 0.2) is 12.7 Å². The Bertz CT molecular complexity index is 459. The molecule has 0 aliphatic heterocycles. The predicted molar refractivity (Wildman–Crippen MR) is 91.3 cm³/mol. The summed E-state index contributed by atoms with van der Waals surface area (Å²) in [4.78, 5) is 1.30. The largest absolute Gasteiger partial charge is 0.136 e. The zero-order valence-corrected chi connectivity index (χ0v) is 13.8. The van der Waals surface area contributed by atoms with E-state index in [1.807, 2.05) is 52.0 Å². The first kappa shape index (κ1) is 19.3. The van der Waals surface area contributed by atoms with Crippen molar-refractivity contribution in [1.29, 1.82) is 0 Å². The lowest BCUT2D eigenvalue weighted by Gasteiger charge is -1.89. The molecule has 1 rings (SSSR count). The molecule has 1 aromatic heterocycles. The molecule has 0 amide bonds. The minimum atomic E-state index is 1.25. The minimum absolute atomic E-state index is 1.25. The highest BCUT2D eigenvalue weighted by Crippen LogP contribution is 2.11. The van der Waals surface area contributed by atoms with E-state index in [4.69, 9.17) is 0 Å². The van der Waals surface area contributed by atoms with Gasteiger partial charge in [0.15, 0.2) is 0 Å². The lowest BCUT2D eigenvalue weighted by atomic mass is 10.2. The second-order valence-electron chi connectivity index (χ2n) is 2.94. The zero-order valence-electron chi connectivity index (χ0n) is 13.0. The van der Waals surface area contributed by atoms with Gasteiger partial charge in [0.2, 0.25) is 0 Å². The average Bonchev–Trinajstić information content (AvgIpc) is 2.80. The standard InChI is InChI=1S/C13H16S.2C2H6/c1-5-9-13-11(7-3)10(6-2)12(8-4)14-13;2*1-2/h5-9H,3H2,1-2,4H3;2*1-2H3/b9-5-,10-6-,12-8+;;. The van der Waals surface area contributed by atoms with Crippen molar-refractivity contribution < 1.29 is 0 Å². The molecule has 0 radical (unpaired) electrons. The fraction of sp³-hybridized carbons (Fsp3) is 0.412. The Balaban J connectivity index is 0. The molecule has 102 valence electrons. The maximum absolute atomic E-state index is 3.87. The van der Waals surface area contributed by atoms with Gasteiger partial charge >= 0.3 is 0 Å². The molecule has 0 saturated carbocycles. The van der Waals surface area contributed by atoms with Gasteiger partial charge in [0.05, 0.1) is 0 Å². The third-order valence-electron chi connectivity index (χ3n) is 2.11. The summed E-state index contributed by atoms with van der Waals surface area (Å²) in [7, 11) is 0. The smallest absolute Gasteiger partial charge is 0.0351 e. The monoisotopic (exact) mass is 264 g/mol. The molecule has 0 atom stereocenters. The summed E-state index contributed by atoms with van der Waals surface area (Å²) in [6.07, 6.45) is 10.4. The van der Waals surface area contributed by atoms with E-state index in [9.17, 15) is 0 Å². The lowest BCUT2D eigenvalue weighted by molar-refractivity contribution is 1.50. The van der Waals surface area contributed by atoms with Gasteiger partial charge in [-0.3, -0.25) is 0 Å². The van der Waals surface area contributed by atoms with Crippen LogP contribution in [0.1, 0.15) is 58.9 Å². The van der Waals surface area contributed by atoms with Crippen molar-refractivity contribution >= 4 is 35.6 Å². The van der Waals surface area contributed by atoms with Crippen LogP contribution in [0.2, 0.25) is 0 Å². The Morgan fingerprint density at radius 1 is 0.944 bits per heavy atom. The number of rotatable bonds is 2. The highest BCUT2D eigenvalue weighted by atomic mass is 32.1. The summed E-state index contributed by atoms with van der Waals surface area (Å²) < 4.78 is 1.33. The summed E-state index contributed by atoms with van der Waals surface area (Å²) >= 11 is 1.81. The average molecular weight is 264 g/mol. The van der Waals surface area contributed by atoms with Crippen molar-refractivity contribution in [2.75, 3.05) is 0 Å². The van der Waals surface area contributed by atoms with Crippen molar-refractivity contribution in [2.45, 2.75) is 48.5 Å². The van der Waals surface area contributed by atoms with E-state index in [2.05, 4.69) is 44.7 Å². The molecule has 0 aromatic carbocycles. The molecule has 18 heavy (non-hydrogen) atoms. The van der Waals surface area contributed by atoms with Gasteiger partial charge in [-0.2, -0.15) is 0 Å². The molecular weight excluding hydrogens is 236 g/mol. The minimum Gasteiger partial charge on any atom is -0.136 e. The number of allylic oxidation sites excluding steroid dienone is 1. The third-order valence-corrected chi connectivity index (χ3v) is 3.37. The van der Waals surface area contributed by atoms with Gasteiger partial charge in [-0.05, 0) is 37.6 Å². The van der Waals surface area contributed by atoms with Crippen LogP contribution in [0.25, 0.3) is 24.3 Å². The second kappa shape index (κ2) is 12.4. The normalized spacial score (nSPS) is 11.7. The lowest BCUT2D eigenvalue weighted by Crippen LogP contribution is -2.19. The van der Waals surface area contributed by atoms with Crippen molar-refractivity contribution in [3.8, 4) is 0 Å². The Labute approximate surface area is 117 Å². The van der Waals surface area contributed by atoms with Crippen LogP contribution in [-0.2, 0) is 0 Å². The van der Waals surface area contributed by atoms with Gasteiger partial charge < -0.3 is 0 Å². The van der Waals surface area contributed by atoms with E-state index in [1.54, 1.807) is 0 Å². The molecule has 0 fully saturated rings. The van der Waals surface area contributed by atoms with Gasteiger partial charge in [-0.25, -0.2) is 0 Å². The summed E-state index contributed by atoms with van der Waals surface area (Å²) in [5.74, 6) is 0. The highest BCUT2D eigenvalue weighted by molar-refractivity contribution is 7.11. The molecule has 1 heterocycles. The molecule has 1 heteroatoms. The molecule has 0 spiro atoms. The quantitative estimate of drug-likeness (QED) is 0.699. The fourth-order valence-corrected chi connectivity index (χ4v) is 2.69. The molecule has 0 saturated heterocycles. The number of hydrogen-bond acceptors (Lipinski definition) is 1. The Morgan fingerprint density at radius 2 is 1.50 bits per heavy atom. The van der Waals surface area contributed by atoms with Crippen LogP contribution < -0.4 is 9.75 Å². The molecule has 0 N–H and O–H groups in total. The van der Waals surface area contributed by atoms with Gasteiger partial charge in [-0.15, -0.1) is 11.3 Å². The SMILES string of the molecule is C=Cc1c(/C=C\C)sc(=C/C)/c1=C\C.CC.CC. The first-order chi connectivity index (χ1) is 8.78. The van der Waals surface area contributed by atoms with Gasteiger partial charge in [0.1, 0.15) is 0 Å². The maximum Gasteiger partial charge on any atom is 0.0351 e. The molecule has 0 bridgehead atoms. The van der Waals surface area contributed by atoms with Crippen LogP contribution in [0.3, 0.4) is 0 Å². The van der Waals surface area contributed by atoms with E-state index >= 15 is 0 Å². The van der Waals surface area contributed by atoms with Crippen LogP contribution in [0.5, 0.6) is 0 Å². The molecule has 0 nitrogen and oxygen atoms in total. The van der Waals surface area contributed by atoms with Crippen LogP contribution in [0, 0.1) is 0 Å². The topological polar surface area (TPSA) is 0 Å². The highest BCUT2D eigenvalue weighted by Gasteiger charge is 2.01. The Morgan fingerprint density at radius 3 is 1.83 bits per heavy atom. The Kier molecular flexibility index (Phi) is 13.2. The summed E-state index contributed by atoms with van der Waals surface area (Å²) in [5.41, 5.74) is 1.25. The van der Waals surface area contributed by atoms with Crippen molar-refractivity contribution in [2.24, 2.45) is 0 Å². The van der Waals surface area contributed by atoms with Crippen LogP contribution >= 0.6 is 11.3 Å². The summed E-state index contributed by atoms with van der Waals surface area (Å²) in [6, 6.07) is 0. The van der Waals surface area contributed by atoms with E-state index in [0.29, 0.717) is 0 Å². The first-order valence-electron chi connectivity index (χ1n) is 6.79. The van der Waals surface area contributed by atoms with Crippen molar-refractivity contribution in [3.05, 3.63) is 32.8 Å². The molecule has 0 aliphatic rings. The third kappa shape index (κ3) is 5.05. The van der Waals surface area contributed by atoms with Gasteiger partial charge in [0.25, 0.3) is 0 Å².